The zero-order valence-corrected chi connectivity index (χ0v) is 8.35. The van der Waals surface area contributed by atoms with Gasteiger partial charge in [-0.15, -0.1) is 0 Å². The van der Waals surface area contributed by atoms with E-state index in [1.165, 1.54) is 0 Å². The van der Waals surface area contributed by atoms with Crippen LogP contribution in [-0.2, 0) is 13.2 Å². The highest BCUT2D eigenvalue weighted by Crippen LogP contribution is 2.13. The highest BCUT2D eigenvalue weighted by atomic mass is 16.5. The van der Waals surface area contributed by atoms with Crippen molar-refractivity contribution in [3.63, 3.8) is 0 Å². The summed E-state index contributed by atoms with van der Waals surface area (Å²) in [6, 6.07) is 11.5. The topological polar surface area (TPSA) is 48.4 Å². The first kappa shape index (κ1) is 9.80. The lowest BCUT2D eigenvalue weighted by Crippen LogP contribution is -1.95. The standard InChI is InChI=1S/C12H13NO2/c13-7-10-6-12(14-8-10)9-15-11-4-2-1-3-5-11/h1-6,8H,7,9,13H2. The lowest BCUT2D eigenvalue weighted by atomic mass is 10.3. The van der Waals surface area contributed by atoms with Crippen LogP contribution in [0.3, 0.4) is 0 Å². The molecule has 1 aromatic carbocycles. The fraction of sp³-hybridized carbons (Fsp3) is 0.167. The Kier molecular flexibility index (Phi) is 3.05. The molecule has 78 valence electrons. The number of hydrogen-bond acceptors (Lipinski definition) is 3. The van der Waals surface area contributed by atoms with Crippen LogP contribution in [0.25, 0.3) is 0 Å². The van der Waals surface area contributed by atoms with Crippen LogP contribution >= 0.6 is 0 Å². The molecule has 2 N–H and O–H groups in total. The van der Waals surface area contributed by atoms with Gasteiger partial charge in [0.2, 0.25) is 0 Å². The third-order valence-corrected chi connectivity index (χ3v) is 2.07. The molecule has 3 heteroatoms. The predicted molar refractivity (Wildman–Crippen MR) is 57.4 cm³/mol. The van der Waals surface area contributed by atoms with Crippen molar-refractivity contribution in [1.82, 2.24) is 0 Å². The molecule has 0 radical (unpaired) electrons. The van der Waals surface area contributed by atoms with Gasteiger partial charge >= 0.3 is 0 Å². The second-order valence-electron chi connectivity index (χ2n) is 3.23. The molecule has 0 spiro atoms. The third-order valence-electron chi connectivity index (χ3n) is 2.07. The summed E-state index contributed by atoms with van der Waals surface area (Å²) in [5.74, 6) is 1.63. The smallest absolute Gasteiger partial charge is 0.146 e. The molecule has 3 nitrogen and oxygen atoms in total. The van der Waals surface area contributed by atoms with Crippen molar-refractivity contribution in [2.24, 2.45) is 5.73 Å². The van der Waals surface area contributed by atoms with E-state index in [4.69, 9.17) is 14.9 Å². The molecule has 1 aromatic heterocycles. The van der Waals surface area contributed by atoms with Crippen molar-refractivity contribution < 1.29 is 9.15 Å². The van der Waals surface area contributed by atoms with Crippen LogP contribution in [0, 0.1) is 0 Å². The van der Waals surface area contributed by atoms with E-state index in [-0.39, 0.29) is 0 Å². The number of benzene rings is 1. The number of hydrogen-bond donors (Lipinski definition) is 1. The number of nitrogens with two attached hydrogens (primary N) is 1. The molecule has 0 saturated heterocycles. The average molecular weight is 203 g/mol. The molecule has 2 aromatic rings. The van der Waals surface area contributed by atoms with Gasteiger partial charge in [-0.25, -0.2) is 0 Å². The molecule has 0 fully saturated rings. The van der Waals surface area contributed by atoms with Gasteiger partial charge in [0.1, 0.15) is 18.1 Å². The van der Waals surface area contributed by atoms with E-state index in [9.17, 15) is 0 Å². The highest BCUT2D eigenvalue weighted by molar-refractivity contribution is 5.21. The summed E-state index contributed by atoms with van der Waals surface area (Å²) >= 11 is 0. The SMILES string of the molecule is NCc1coc(COc2ccccc2)c1. The first-order chi connectivity index (χ1) is 7.38. The van der Waals surface area contributed by atoms with E-state index < -0.39 is 0 Å². The predicted octanol–water partition coefficient (Wildman–Crippen LogP) is 2.32. The summed E-state index contributed by atoms with van der Waals surface area (Å²) in [5.41, 5.74) is 6.46. The van der Waals surface area contributed by atoms with Crippen molar-refractivity contribution in [3.05, 3.63) is 54.0 Å². The minimum absolute atomic E-state index is 0.435. The second kappa shape index (κ2) is 4.66. The summed E-state index contributed by atoms with van der Waals surface area (Å²) in [5, 5.41) is 0. The van der Waals surface area contributed by atoms with Crippen molar-refractivity contribution in [1.29, 1.82) is 0 Å². The van der Waals surface area contributed by atoms with E-state index in [0.29, 0.717) is 13.2 Å². The molecule has 0 amide bonds. The quantitative estimate of drug-likeness (QED) is 0.829. The average Bonchev–Trinajstić information content (AvgIpc) is 2.76. The Hall–Kier alpha value is -1.74. The van der Waals surface area contributed by atoms with Gasteiger partial charge < -0.3 is 14.9 Å². The van der Waals surface area contributed by atoms with Crippen LogP contribution in [0.4, 0.5) is 0 Å². The maximum Gasteiger partial charge on any atom is 0.146 e. The highest BCUT2D eigenvalue weighted by Gasteiger charge is 2.01. The summed E-state index contributed by atoms with van der Waals surface area (Å²) in [6.45, 7) is 0.929. The number of furan rings is 1. The fourth-order valence-electron chi connectivity index (χ4n) is 1.28. The molecular weight excluding hydrogens is 190 g/mol. The lowest BCUT2D eigenvalue weighted by molar-refractivity contribution is 0.270. The molecule has 2 rings (SSSR count). The molecular formula is C12H13NO2. The van der Waals surface area contributed by atoms with Crippen LogP contribution < -0.4 is 10.5 Å². The molecule has 0 aliphatic carbocycles. The summed E-state index contributed by atoms with van der Waals surface area (Å²) in [6.07, 6.45) is 1.66. The van der Waals surface area contributed by atoms with Gasteiger partial charge in [-0.05, 0) is 18.2 Å². The minimum atomic E-state index is 0.435. The molecule has 0 atom stereocenters. The normalized spacial score (nSPS) is 10.2. The van der Waals surface area contributed by atoms with Crippen molar-refractivity contribution in [2.75, 3.05) is 0 Å². The van der Waals surface area contributed by atoms with Gasteiger partial charge in [-0.2, -0.15) is 0 Å². The molecule has 0 unspecified atom stereocenters. The van der Waals surface area contributed by atoms with Crippen LogP contribution in [0.15, 0.2) is 47.1 Å². The van der Waals surface area contributed by atoms with Crippen molar-refractivity contribution in [2.45, 2.75) is 13.2 Å². The Balaban J connectivity index is 1.93. The molecule has 0 saturated carbocycles. The van der Waals surface area contributed by atoms with E-state index in [1.54, 1.807) is 6.26 Å². The Bertz CT molecular complexity index is 409. The largest absolute Gasteiger partial charge is 0.486 e. The Morgan fingerprint density at radius 3 is 2.67 bits per heavy atom. The Morgan fingerprint density at radius 1 is 1.20 bits per heavy atom. The van der Waals surface area contributed by atoms with Gasteiger partial charge in [0.25, 0.3) is 0 Å². The summed E-state index contributed by atoms with van der Waals surface area (Å²) < 4.78 is 10.8. The molecule has 0 bridgehead atoms. The van der Waals surface area contributed by atoms with Crippen molar-refractivity contribution in [3.8, 4) is 5.75 Å². The summed E-state index contributed by atoms with van der Waals surface area (Å²) in [7, 11) is 0. The summed E-state index contributed by atoms with van der Waals surface area (Å²) in [4.78, 5) is 0. The first-order valence-corrected chi connectivity index (χ1v) is 4.82. The van der Waals surface area contributed by atoms with Gasteiger partial charge in [0.15, 0.2) is 0 Å². The van der Waals surface area contributed by atoms with Crippen LogP contribution in [0.1, 0.15) is 11.3 Å². The molecule has 0 aliphatic heterocycles. The van der Waals surface area contributed by atoms with Crippen LogP contribution in [0.2, 0.25) is 0 Å². The second-order valence-corrected chi connectivity index (χ2v) is 3.23. The zero-order valence-electron chi connectivity index (χ0n) is 8.35. The molecule has 0 aliphatic rings. The lowest BCUT2D eigenvalue weighted by Gasteiger charge is -2.02. The van der Waals surface area contributed by atoms with Crippen LogP contribution in [-0.4, -0.2) is 0 Å². The molecule has 1 heterocycles. The van der Waals surface area contributed by atoms with Gasteiger partial charge in [-0.3, -0.25) is 0 Å². The molecule has 15 heavy (non-hydrogen) atoms. The third kappa shape index (κ3) is 2.60. The minimum Gasteiger partial charge on any atom is -0.486 e. The number of para-hydroxylation sites is 1. The number of rotatable bonds is 4. The Morgan fingerprint density at radius 2 is 2.00 bits per heavy atom. The maximum atomic E-state index is 5.52. The van der Waals surface area contributed by atoms with Crippen molar-refractivity contribution >= 4 is 0 Å². The van der Waals surface area contributed by atoms with Gasteiger partial charge in [0, 0.05) is 12.1 Å². The van der Waals surface area contributed by atoms with E-state index in [1.807, 2.05) is 36.4 Å². The fourth-order valence-corrected chi connectivity index (χ4v) is 1.28. The zero-order chi connectivity index (χ0) is 10.5. The van der Waals surface area contributed by atoms with E-state index in [0.717, 1.165) is 17.1 Å². The van der Waals surface area contributed by atoms with Gasteiger partial charge in [0.05, 0.1) is 6.26 Å². The van der Waals surface area contributed by atoms with E-state index in [2.05, 4.69) is 0 Å². The maximum absolute atomic E-state index is 5.52. The van der Waals surface area contributed by atoms with Gasteiger partial charge in [-0.1, -0.05) is 18.2 Å². The van der Waals surface area contributed by atoms with Crippen LogP contribution in [0.5, 0.6) is 5.75 Å². The Labute approximate surface area is 88.5 Å². The number of ether oxygens (including phenoxy) is 1. The first-order valence-electron chi connectivity index (χ1n) is 4.82. The van der Waals surface area contributed by atoms with E-state index >= 15 is 0 Å². The monoisotopic (exact) mass is 203 g/mol.